The van der Waals surface area contributed by atoms with Crippen LogP contribution in [0.15, 0.2) is 0 Å². The minimum atomic E-state index is -0.326. The topological polar surface area (TPSA) is 41.6 Å². The Morgan fingerprint density at radius 3 is 2.30 bits per heavy atom. The fraction of sp³-hybridized carbons (Fsp3) is 0.833. The number of nitrogens with zero attached hydrogens (tertiary/aromatic N) is 1. The number of carbonyl (C=O) groups excluding carboxylic acids is 1. The molecule has 0 aliphatic rings. The van der Waals surface area contributed by atoms with E-state index < -0.39 is 0 Å². The zero-order valence-electron chi connectivity index (χ0n) is 6.68. The van der Waals surface area contributed by atoms with Crippen molar-refractivity contribution in [2.24, 2.45) is 0 Å². The van der Waals surface area contributed by atoms with Crippen LogP contribution in [-0.2, 0) is 4.84 Å². The fourth-order valence-electron chi connectivity index (χ4n) is 0.634. The van der Waals surface area contributed by atoms with Gasteiger partial charge in [-0.3, -0.25) is 0 Å². The lowest BCUT2D eigenvalue weighted by molar-refractivity contribution is 0.0682. The third-order valence-electron chi connectivity index (χ3n) is 1.21. The third-order valence-corrected chi connectivity index (χ3v) is 1.21. The van der Waals surface area contributed by atoms with Crippen molar-refractivity contribution in [3.63, 3.8) is 0 Å². The van der Waals surface area contributed by atoms with Gasteiger partial charge in [0.25, 0.3) is 0 Å². The average Bonchev–Trinajstić information content (AvgIpc) is 1.91. The molecule has 0 saturated heterocycles. The first kappa shape index (κ1) is 9.23. The number of carbonyl (C=O) groups is 1. The molecule has 0 aromatic heterocycles. The normalized spacial score (nSPS) is 9.10. The molecule has 0 bridgehead atoms. The van der Waals surface area contributed by atoms with Gasteiger partial charge in [0.05, 0.1) is 0 Å². The van der Waals surface area contributed by atoms with Gasteiger partial charge in [-0.15, -0.1) is 0 Å². The van der Waals surface area contributed by atoms with E-state index in [9.17, 15) is 4.79 Å². The van der Waals surface area contributed by atoms with Crippen molar-refractivity contribution < 1.29 is 9.63 Å². The van der Waals surface area contributed by atoms with E-state index >= 15 is 0 Å². The predicted octanol–water partition coefficient (Wildman–Crippen LogP) is 0.599. The van der Waals surface area contributed by atoms with Crippen LogP contribution in [-0.4, -0.2) is 31.1 Å². The van der Waals surface area contributed by atoms with Crippen LogP contribution in [0.2, 0.25) is 0 Å². The molecule has 0 heterocycles. The van der Waals surface area contributed by atoms with Gasteiger partial charge in [0.2, 0.25) is 0 Å². The molecule has 0 aromatic carbocycles. The SMILES string of the molecule is CCN(CC)C(=O)ONC. The van der Waals surface area contributed by atoms with E-state index in [1.807, 2.05) is 13.8 Å². The van der Waals surface area contributed by atoms with Gasteiger partial charge in [-0.25, -0.2) is 4.79 Å². The number of nitrogens with one attached hydrogen (secondary N) is 1. The Kier molecular flexibility index (Phi) is 4.66. The molecule has 0 aromatic rings. The smallest absolute Gasteiger partial charge is 0.354 e. The summed E-state index contributed by atoms with van der Waals surface area (Å²) in [4.78, 5) is 16.9. The number of hydrogen-bond donors (Lipinski definition) is 1. The molecule has 0 saturated carbocycles. The van der Waals surface area contributed by atoms with E-state index in [0.29, 0.717) is 13.1 Å². The van der Waals surface area contributed by atoms with Crippen LogP contribution in [0.25, 0.3) is 0 Å². The molecule has 4 heteroatoms. The summed E-state index contributed by atoms with van der Waals surface area (Å²) in [5, 5.41) is 0. The van der Waals surface area contributed by atoms with E-state index in [2.05, 4.69) is 10.3 Å². The lowest BCUT2D eigenvalue weighted by atomic mass is 10.6. The summed E-state index contributed by atoms with van der Waals surface area (Å²) in [6.07, 6.45) is -0.326. The summed E-state index contributed by atoms with van der Waals surface area (Å²) in [6, 6.07) is 0. The van der Waals surface area contributed by atoms with Gasteiger partial charge in [0.1, 0.15) is 0 Å². The summed E-state index contributed by atoms with van der Waals surface area (Å²) < 4.78 is 0. The maximum Gasteiger partial charge on any atom is 0.428 e. The quantitative estimate of drug-likeness (QED) is 0.593. The van der Waals surface area contributed by atoms with Gasteiger partial charge in [-0.1, -0.05) is 0 Å². The lowest BCUT2D eigenvalue weighted by Crippen LogP contribution is -2.33. The van der Waals surface area contributed by atoms with Gasteiger partial charge >= 0.3 is 6.09 Å². The standard InChI is InChI=1S/C6H14N2O2/c1-4-8(5-2)6(9)10-7-3/h7H,4-5H2,1-3H3. The summed E-state index contributed by atoms with van der Waals surface area (Å²) in [7, 11) is 1.56. The Balaban J connectivity index is 3.65. The van der Waals surface area contributed by atoms with Crippen molar-refractivity contribution in [3.05, 3.63) is 0 Å². The van der Waals surface area contributed by atoms with Crippen molar-refractivity contribution in [2.45, 2.75) is 13.8 Å². The fourth-order valence-corrected chi connectivity index (χ4v) is 0.634. The molecular formula is C6H14N2O2. The van der Waals surface area contributed by atoms with E-state index in [-0.39, 0.29) is 6.09 Å². The second-order valence-electron chi connectivity index (χ2n) is 1.74. The highest BCUT2D eigenvalue weighted by Crippen LogP contribution is 1.89. The molecule has 0 aliphatic heterocycles. The molecule has 0 fully saturated rings. The molecule has 0 atom stereocenters. The third kappa shape index (κ3) is 2.68. The highest BCUT2D eigenvalue weighted by molar-refractivity contribution is 5.67. The second kappa shape index (κ2) is 5.05. The molecule has 0 spiro atoms. The van der Waals surface area contributed by atoms with Crippen LogP contribution < -0.4 is 5.48 Å². The van der Waals surface area contributed by atoms with Crippen molar-refractivity contribution in [3.8, 4) is 0 Å². The molecule has 1 amide bonds. The Bertz CT molecular complexity index is 102. The first-order valence-electron chi connectivity index (χ1n) is 3.38. The Morgan fingerprint density at radius 2 is 2.00 bits per heavy atom. The van der Waals surface area contributed by atoms with E-state index in [4.69, 9.17) is 0 Å². The molecule has 0 radical (unpaired) electrons. The monoisotopic (exact) mass is 146 g/mol. The number of rotatable bonds is 3. The zero-order valence-corrected chi connectivity index (χ0v) is 6.68. The average molecular weight is 146 g/mol. The van der Waals surface area contributed by atoms with E-state index in [1.54, 1.807) is 11.9 Å². The zero-order chi connectivity index (χ0) is 7.98. The Hall–Kier alpha value is -0.770. The second-order valence-corrected chi connectivity index (χ2v) is 1.74. The van der Waals surface area contributed by atoms with Crippen molar-refractivity contribution in [1.82, 2.24) is 10.4 Å². The van der Waals surface area contributed by atoms with Crippen molar-refractivity contribution in [2.75, 3.05) is 20.1 Å². The summed E-state index contributed by atoms with van der Waals surface area (Å²) >= 11 is 0. The number of hydrogen-bond acceptors (Lipinski definition) is 3. The van der Waals surface area contributed by atoms with Gasteiger partial charge in [-0.05, 0) is 13.8 Å². The van der Waals surface area contributed by atoms with Gasteiger partial charge < -0.3 is 9.74 Å². The Labute approximate surface area is 61.1 Å². The maximum atomic E-state index is 10.8. The van der Waals surface area contributed by atoms with Gasteiger partial charge in [0, 0.05) is 20.1 Å². The molecule has 0 aliphatic carbocycles. The summed E-state index contributed by atoms with van der Waals surface area (Å²) in [6.45, 7) is 5.16. The molecule has 1 N–H and O–H groups in total. The highest BCUT2D eigenvalue weighted by Gasteiger charge is 2.08. The lowest BCUT2D eigenvalue weighted by Gasteiger charge is -2.16. The minimum Gasteiger partial charge on any atom is -0.354 e. The molecule has 60 valence electrons. The van der Waals surface area contributed by atoms with Crippen LogP contribution in [0.3, 0.4) is 0 Å². The molecule has 10 heavy (non-hydrogen) atoms. The largest absolute Gasteiger partial charge is 0.428 e. The summed E-state index contributed by atoms with van der Waals surface area (Å²) in [5.41, 5.74) is 2.33. The molecule has 0 rings (SSSR count). The van der Waals surface area contributed by atoms with Crippen molar-refractivity contribution >= 4 is 6.09 Å². The number of hydroxylamine groups is 1. The van der Waals surface area contributed by atoms with Crippen LogP contribution in [0.5, 0.6) is 0 Å². The van der Waals surface area contributed by atoms with Crippen molar-refractivity contribution in [1.29, 1.82) is 0 Å². The van der Waals surface area contributed by atoms with E-state index in [0.717, 1.165) is 0 Å². The van der Waals surface area contributed by atoms with Gasteiger partial charge in [0.15, 0.2) is 0 Å². The molecule has 4 nitrogen and oxygen atoms in total. The van der Waals surface area contributed by atoms with Crippen LogP contribution in [0.1, 0.15) is 13.8 Å². The Morgan fingerprint density at radius 1 is 1.50 bits per heavy atom. The minimum absolute atomic E-state index is 0.326. The van der Waals surface area contributed by atoms with Crippen LogP contribution in [0.4, 0.5) is 4.79 Å². The van der Waals surface area contributed by atoms with Crippen LogP contribution >= 0.6 is 0 Å². The maximum absolute atomic E-state index is 10.8. The van der Waals surface area contributed by atoms with Gasteiger partial charge in [-0.2, -0.15) is 5.48 Å². The number of amides is 1. The molecule has 0 unspecified atom stereocenters. The highest BCUT2D eigenvalue weighted by atomic mass is 16.7. The summed E-state index contributed by atoms with van der Waals surface area (Å²) in [5.74, 6) is 0. The molecular weight excluding hydrogens is 132 g/mol. The van der Waals surface area contributed by atoms with E-state index in [1.165, 1.54) is 0 Å². The first-order valence-corrected chi connectivity index (χ1v) is 3.38. The van der Waals surface area contributed by atoms with Crippen LogP contribution in [0, 0.1) is 0 Å². The first-order chi connectivity index (χ1) is 4.76. The predicted molar refractivity (Wildman–Crippen MR) is 38.5 cm³/mol.